The number of hydrogen-bond donors (Lipinski definition) is 2. The van der Waals surface area contributed by atoms with Gasteiger partial charge in [0.05, 0.1) is 5.60 Å². The van der Waals surface area contributed by atoms with Crippen molar-refractivity contribution in [3.05, 3.63) is 0 Å². The molecule has 0 heterocycles. The van der Waals surface area contributed by atoms with Gasteiger partial charge in [0.1, 0.15) is 0 Å². The molecule has 104 valence electrons. The van der Waals surface area contributed by atoms with Crippen molar-refractivity contribution in [2.24, 2.45) is 34.5 Å². The van der Waals surface area contributed by atoms with Crippen molar-refractivity contribution in [2.45, 2.75) is 59.0 Å². The highest BCUT2D eigenvalue weighted by atomic mass is 16.3. The van der Waals surface area contributed by atoms with Crippen LogP contribution in [0.25, 0.3) is 0 Å². The minimum atomic E-state index is -0.512. The predicted octanol–water partition coefficient (Wildman–Crippen LogP) is 2.83. The van der Waals surface area contributed by atoms with Crippen molar-refractivity contribution in [2.75, 3.05) is 6.61 Å². The molecule has 0 aromatic heterocycles. The van der Waals surface area contributed by atoms with E-state index in [4.69, 9.17) is 0 Å². The van der Waals surface area contributed by atoms with E-state index >= 15 is 0 Å². The lowest BCUT2D eigenvalue weighted by atomic mass is 9.67. The van der Waals surface area contributed by atoms with Crippen LogP contribution >= 0.6 is 0 Å². The minimum Gasteiger partial charge on any atom is -0.396 e. The summed E-state index contributed by atoms with van der Waals surface area (Å²) < 4.78 is 0. The summed E-state index contributed by atoms with van der Waals surface area (Å²) in [5.74, 6) is 2.35. The smallest absolute Gasteiger partial charge is 0.0653 e. The lowest BCUT2D eigenvalue weighted by molar-refractivity contribution is -0.0360. The van der Waals surface area contributed by atoms with Crippen molar-refractivity contribution in [3.63, 3.8) is 0 Å². The van der Waals surface area contributed by atoms with Crippen molar-refractivity contribution in [1.82, 2.24) is 0 Å². The maximum atomic E-state index is 10.8. The zero-order valence-corrected chi connectivity index (χ0v) is 12.2. The van der Waals surface area contributed by atoms with Gasteiger partial charge in [0.2, 0.25) is 0 Å². The fraction of sp³-hybridized carbons (Fsp3) is 1.00. The highest BCUT2D eigenvalue weighted by Gasteiger charge is 2.69. The molecule has 0 saturated heterocycles. The standard InChI is InChI=1S/C16H28O2/c1-14(2)10-5-7-15(3,9-17)11-6-8-16(4,18)13(11)12(10)14/h10-13,17-18H,5-9H2,1-4H3. The Morgan fingerprint density at radius 3 is 2.17 bits per heavy atom. The largest absolute Gasteiger partial charge is 0.396 e. The number of aliphatic hydroxyl groups excluding tert-OH is 1. The second-order valence-electron chi connectivity index (χ2n) is 8.33. The molecule has 0 aromatic rings. The Balaban J connectivity index is 1.99. The van der Waals surface area contributed by atoms with Gasteiger partial charge in [0.15, 0.2) is 0 Å². The van der Waals surface area contributed by atoms with Crippen LogP contribution in [-0.2, 0) is 0 Å². The highest BCUT2D eigenvalue weighted by Crippen LogP contribution is 2.72. The summed E-state index contributed by atoms with van der Waals surface area (Å²) in [5.41, 5.74) is -0.0647. The van der Waals surface area contributed by atoms with Crippen molar-refractivity contribution in [3.8, 4) is 0 Å². The Bertz CT molecular complexity index is 360. The van der Waals surface area contributed by atoms with Crippen LogP contribution in [0.5, 0.6) is 0 Å². The minimum absolute atomic E-state index is 0.0364. The van der Waals surface area contributed by atoms with E-state index in [-0.39, 0.29) is 12.0 Å². The van der Waals surface area contributed by atoms with Gasteiger partial charge < -0.3 is 10.2 Å². The third-order valence-electron chi connectivity index (χ3n) is 6.92. The van der Waals surface area contributed by atoms with E-state index in [0.29, 0.717) is 23.2 Å². The Labute approximate surface area is 111 Å². The van der Waals surface area contributed by atoms with Crippen LogP contribution in [0, 0.1) is 34.5 Å². The van der Waals surface area contributed by atoms with E-state index in [1.165, 1.54) is 6.42 Å². The Morgan fingerprint density at radius 2 is 1.56 bits per heavy atom. The summed E-state index contributed by atoms with van der Waals surface area (Å²) in [4.78, 5) is 0. The second-order valence-corrected chi connectivity index (χ2v) is 8.33. The molecule has 0 bridgehead atoms. The molecule has 0 radical (unpaired) electrons. The van der Waals surface area contributed by atoms with Crippen LogP contribution in [0.3, 0.4) is 0 Å². The molecule has 2 N–H and O–H groups in total. The van der Waals surface area contributed by atoms with Crippen LogP contribution in [0.2, 0.25) is 0 Å². The monoisotopic (exact) mass is 252 g/mol. The molecule has 0 aliphatic heterocycles. The summed E-state index contributed by atoms with van der Waals surface area (Å²) >= 11 is 0. The van der Waals surface area contributed by atoms with E-state index in [0.717, 1.165) is 25.2 Å². The molecule has 6 unspecified atom stereocenters. The topological polar surface area (TPSA) is 40.5 Å². The lowest BCUT2D eigenvalue weighted by Crippen LogP contribution is -2.41. The molecule has 0 spiro atoms. The van der Waals surface area contributed by atoms with Gasteiger partial charge in [-0.3, -0.25) is 0 Å². The Kier molecular flexibility index (Phi) is 2.53. The van der Waals surface area contributed by atoms with Crippen molar-refractivity contribution < 1.29 is 10.2 Å². The maximum absolute atomic E-state index is 10.8. The molecular formula is C16H28O2. The molecule has 3 aliphatic rings. The normalized spacial score (nSPS) is 57.7. The first-order valence-electron chi connectivity index (χ1n) is 7.57. The molecule has 0 aromatic carbocycles. The molecule has 18 heavy (non-hydrogen) atoms. The van der Waals surface area contributed by atoms with E-state index in [1.54, 1.807) is 0 Å². The molecule has 3 rings (SSSR count). The van der Waals surface area contributed by atoms with Gasteiger partial charge in [-0.25, -0.2) is 0 Å². The van der Waals surface area contributed by atoms with Gasteiger partial charge in [-0.1, -0.05) is 20.8 Å². The van der Waals surface area contributed by atoms with Crippen molar-refractivity contribution in [1.29, 1.82) is 0 Å². The highest BCUT2D eigenvalue weighted by molar-refractivity contribution is 5.17. The van der Waals surface area contributed by atoms with Crippen LogP contribution in [0.1, 0.15) is 53.4 Å². The second kappa shape index (κ2) is 3.52. The van der Waals surface area contributed by atoms with E-state index < -0.39 is 5.60 Å². The van der Waals surface area contributed by atoms with Gasteiger partial charge in [-0.2, -0.15) is 0 Å². The fourth-order valence-corrected chi connectivity index (χ4v) is 5.56. The molecule has 6 atom stereocenters. The van der Waals surface area contributed by atoms with Crippen LogP contribution < -0.4 is 0 Å². The molecule has 0 amide bonds. The number of fused-ring (bicyclic) bond motifs is 3. The SMILES string of the molecule is CC1(O)CCC2C1C1C(CCC2(C)CO)C1(C)C. The van der Waals surface area contributed by atoms with Gasteiger partial charge in [0.25, 0.3) is 0 Å². The molecule has 3 aliphatic carbocycles. The summed E-state index contributed by atoms with van der Waals surface area (Å²) in [6, 6.07) is 0. The van der Waals surface area contributed by atoms with Crippen LogP contribution in [0.4, 0.5) is 0 Å². The van der Waals surface area contributed by atoms with Gasteiger partial charge in [-0.15, -0.1) is 0 Å². The molecule has 3 saturated carbocycles. The molecular weight excluding hydrogens is 224 g/mol. The first-order chi connectivity index (χ1) is 8.24. The molecule has 2 heteroatoms. The quantitative estimate of drug-likeness (QED) is 0.753. The molecule has 3 fully saturated rings. The fourth-order valence-electron chi connectivity index (χ4n) is 5.56. The summed E-state index contributed by atoms with van der Waals surface area (Å²) in [5, 5.41) is 20.6. The zero-order chi connectivity index (χ0) is 13.3. The van der Waals surface area contributed by atoms with Gasteiger partial charge >= 0.3 is 0 Å². The van der Waals surface area contributed by atoms with Gasteiger partial charge in [0, 0.05) is 6.61 Å². The number of aliphatic hydroxyl groups is 2. The summed E-state index contributed by atoms with van der Waals surface area (Å²) in [7, 11) is 0. The van der Waals surface area contributed by atoms with E-state index in [9.17, 15) is 10.2 Å². The average Bonchev–Trinajstić information content (AvgIpc) is 2.72. The average molecular weight is 252 g/mol. The van der Waals surface area contributed by atoms with E-state index in [1.807, 2.05) is 6.92 Å². The molecule has 2 nitrogen and oxygen atoms in total. The summed E-state index contributed by atoms with van der Waals surface area (Å²) in [6.07, 6.45) is 4.37. The lowest BCUT2D eigenvalue weighted by Gasteiger charge is -2.40. The third kappa shape index (κ3) is 1.48. The van der Waals surface area contributed by atoms with E-state index in [2.05, 4.69) is 20.8 Å². The first kappa shape index (κ1) is 12.9. The Morgan fingerprint density at radius 1 is 0.944 bits per heavy atom. The number of rotatable bonds is 1. The van der Waals surface area contributed by atoms with Crippen LogP contribution in [0.15, 0.2) is 0 Å². The predicted molar refractivity (Wildman–Crippen MR) is 72.0 cm³/mol. The third-order valence-corrected chi connectivity index (χ3v) is 6.92. The zero-order valence-electron chi connectivity index (χ0n) is 12.2. The number of hydrogen-bond acceptors (Lipinski definition) is 2. The van der Waals surface area contributed by atoms with Gasteiger partial charge in [-0.05, 0) is 67.1 Å². The van der Waals surface area contributed by atoms with Crippen molar-refractivity contribution >= 4 is 0 Å². The maximum Gasteiger partial charge on any atom is 0.0653 e. The van der Waals surface area contributed by atoms with Crippen LogP contribution in [-0.4, -0.2) is 22.4 Å². The first-order valence-corrected chi connectivity index (χ1v) is 7.57. The Hall–Kier alpha value is -0.0800. The summed E-state index contributed by atoms with van der Waals surface area (Å²) in [6.45, 7) is 9.30.